The lowest BCUT2D eigenvalue weighted by atomic mass is 10.0. The van der Waals surface area contributed by atoms with Crippen LogP contribution >= 0.6 is 11.6 Å². The van der Waals surface area contributed by atoms with Gasteiger partial charge in [0.25, 0.3) is 0 Å². The average molecular weight is 282 g/mol. The predicted octanol–water partition coefficient (Wildman–Crippen LogP) is 2.20. The molecule has 19 heavy (non-hydrogen) atoms. The Hall–Kier alpha value is -1.55. The zero-order chi connectivity index (χ0) is 14.0. The smallest absolute Gasteiger partial charge is 0.308 e. The van der Waals surface area contributed by atoms with Gasteiger partial charge in [-0.3, -0.25) is 9.59 Å². The summed E-state index contributed by atoms with van der Waals surface area (Å²) in [5.74, 6) is -1.33. The minimum Gasteiger partial charge on any atom is -0.481 e. The molecular formula is C14H16ClNO3. The van der Waals surface area contributed by atoms with Crippen molar-refractivity contribution in [3.63, 3.8) is 0 Å². The highest BCUT2D eigenvalue weighted by atomic mass is 35.5. The van der Waals surface area contributed by atoms with E-state index in [1.807, 2.05) is 6.07 Å². The van der Waals surface area contributed by atoms with Gasteiger partial charge in [-0.15, -0.1) is 0 Å². The number of likely N-dealkylation sites (tertiary alicyclic amines) is 1. The number of carboxylic acid groups (broad SMARTS) is 1. The molecule has 1 fully saturated rings. The van der Waals surface area contributed by atoms with E-state index in [4.69, 9.17) is 16.7 Å². The molecule has 1 aliphatic rings. The van der Waals surface area contributed by atoms with Crippen LogP contribution in [0.25, 0.3) is 0 Å². The summed E-state index contributed by atoms with van der Waals surface area (Å²) in [6.45, 7) is 2.30. The lowest BCUT2D eigenvalue weighted by molar-refractivity contribution is -0.143. The summed E-state index contributed by atoms with van der Waals surface area (Å²) in [6, 6.07) is 6.92. The lowest BCUT2D eigenvalue weighted by Crippen LogP contribution is -2.38. The van der Waals surface area contributed by atoms with E-state index < -0.39 is 11.9 Å². The molecule has 1 aliphatic heterocycles. The number of amides is 1. The Morgan fingerprint density at radius 3 is 2.79 bits per heavy atom. The van der Waals surface area contributed by atoms with Crippen LogP contribution in [0.15, 0.2) is 24.3 Å². The second kappa shape index (κ2) is 5.61. The summed E-state index contributed by atoms with van der Waals surface area (Å²) in [5.41, 5.74) is 0.850. The third-order valence-corrected chi connectivity index (χ3v) is 3.87. The molecule has 1 aromatic carbocycles. The molecule has 1 saturated heterocycles. The summed E-state index contributed by atoms with van der Waals surface area (Å²) < 4.78 is 0. The third kappa shape index (κ3) is 3.07. The van der Waals surface area contributed by atoms with Gasteiger partial charge in [0.1, 0.15) is 0 Å². The second-order valence-electron chi connectivity index (χ2n) is 4.87. The van der Waals surface area contributed by atoms with Crippen LogP contribution in [-0.4, -0.2) is 34.5 Å². The average Bonchev–Trinajstić information content (AvgIpc) is 2.71. The molecule has 0 radical (unpaired) electrons. The molecule has 102 valence electrons. The van der Waals surface area contributed by atoms with Crippen LogP contribution in [-0.2, 0) is 16.0 Å². The van der Waals surface area contributed by atoms with E-state index in [0.29, 0.717) is 18.0 Å². The summed E-state index contributed by atoms with van der Waals surface area (Å²) in [4.78, 5) is 24.9. The zero-order valence-corrected chi connectivity index (χ0v) is 11.4. The Balaban J connectivity index is 2.03. The zero-order valence-electron chi connectivity index (χ0n) is 10.7. The number of rotatable bonds is 3. The highest BCUT2D eigenvalue weighted by molar-refractivity contribution is 6.30. The molecule has 1 aromatic rings. The maximum absolute atomic E-state index is 12.2. The fourth-order valence-electron chi connectivity index (χ4n) is 2.54. The van der Waals surface area contributed by atoms with Crippen molar-refractivity contribution in [3.05, 3.63) is 34.9 Å². The van der Waals surface area contributed by atoms with Gasteiger partial charge in [-0.05, 0) is 31.0 Å². The molecule has 0 bridgehead atoms. The Bertz CT molecular complexity index is 503. The summed E-state index contributed by atoms with van der Waals surface area (Å²) in [5, 5.41) is 9.65. The van der Waals surface area contributed by atoms with Crippen molar-refractivity contribution in [1.29, 1.82) is 0 Å². The number of halogens is 1. The number of carbonyl (C=O) groups is 2. The maximum Gasteiger partial charge on any atom is 0.308 e. The van der Waals surface area contributed by atoms with E-state index in [9.17, 15) is 9.59 Å². The van der Waals surface area contributed by atoms with Crippen LogP contribution in [0.3, 0.4) is 0 Å². The Morgan fingerprint density at radius 2 is 2.21 bits per heavy atom. The summed E-state index contributed by atoms with van der Waals surface area (Å²) in [6.07, 6.45) is 0.787. The van der Waals surface area contributed by atoms with Gasteiger partial charge in [0.2, 0.25) is 5.91 Å². The highest BCUT2D eigenvalue weighted by Crippen LogP contribution is 2.25. The normalized spacial score (nSPS) is 22.5. The first kappa shape index (κ1) is 13.9. The van der Waals surface area contributed by atoms with Gasteiger partial charge >= 0.3 is 5.97 Å². The van der Waals surface area contributed by atoms with Gasteiger partial charge < -0.3 is 10.0 Å². The Labute approximate surface area is 117 Å². The van der Waals surface area contributed by atoms with Gasteiger partial charge in [-0.25, -0.2) is 0 Å². The number of nitrogens with zero attached hydrogens (tertiary/aromatic N) is 1. The molecule has 4 nitrogen and oxygen atoms in total. The molecule has 2 unspecified atom stereocenters. The van der Waals surface area contributed by atoms with Crippen LogP contribution in [0.2, 0.25) is 5.02 Å². The quantitative estimate of drug-likeness (QED) is 0.924. The highest BCUT2D eigenvalue weighted by Gasteiger charge is 2.37. The maximum atomic E-state index is 12.2. The molecule has 2 rings (SSSR count). The van der Waals surface area contributed by atoms with Crippen molar-refractivity contribution in [2.75, 3.05) is 6.54 Å². The van der Waals surface area contributed by atoms with Gasteiger partial charge in [0, 0.05) is 17.6 Å². The number of hydrogen-bond donors (Lipinski definition) is 1. The van der Waals surface area contributed by atoms with Crippen molar-refractivity contribution in [1.82, 2.24) is 4.90 Å². The first-order valence-electron chi connectivity index (χ1n) is 6.25. The largest absolute Gasteiger partial charge is 0.481 e. The predicted molar refractivity (Wildman–Crippen MR) is 72.1 cm³/mol. The molecule has 1 heterocycles. The molecule has 0 spiro atoms. The van der Waals surface area contributed by atoms with Crippen LogP contribution < -0.4 is 0 Å². The molecule has 5 heteroatoms. The van der Waals surface area contributed by atoms with Crippen LogP contribution in [0.1, 0.15) is 18.9 Å². The van der Waals surface area contributed by atoms with Gasteiger partial charge in [0.15, 0.2) is 0 Å². The van der Waals surface area contributed by atoms with Crippen molar-refractivity contribution in [2.45, 2.75) is 25.8 Å². The first-order chi connectivity index (χ1) is 8.99. The van der Waals surface area contributed by atoms with E-state index in [1.54, 1.807) is 30.0 Å². The molecule has 0 saturated carbocycles. The second-order valence-corrected chi connectivity index (χ2v) is 5.30. The molecule has 1 N–H and O–H groups in total. The van der Waals surface area contributed by atoms with Gasteiger partial charge in [-0.2, -0.15) is 0 Å². The molecule has 0 aromatic heterocycles. The fourth-order valence-corrected chi connectivity index (χ4v) is 2.76. The van der Waals surface area contributed by atoms with E-state index in [1.165, 1.54) is 0 Å². The van der Waals surface area contributed by atoms with Gasteiger partial charge in [0.05, 0.1) is 12.3 Å². The number of carboxylic acids is 1. The monoisotopic (exact) mass is 281 g/mol. The minimum atomic E-state index is -0.828. The molecule has 0 aliphatic carbocycles. The van der Waals surface area contributed by atoms with Crippen molar-refractivity contribution in [3.8, 4) is 0 Å². The molecule has 1 amide bonds. The summed E-state index contributed by atoms with van der Waals surface area (Å²) >= 11 is 5.88. The van der Waals surface area contributed by atoms with Crippen LogP contribution in [0, 0.1) is 5.92 Å². The van der Waals surface area contributed by atoms with E-state index in [-0.39, 0.29) is 18.4 Å². The number of aliphatic carboxylic acids is 1. The van der Waals surface area contributed by atoms with Crippen molar-refractivity contribution in [2.24, 2.45) is 5.92 Å². The first-order valence-corrected chi connectivity index (χ1v) is 6.63. The Kier molecular flexibility index (Phi) is 4.10. The minimum absolute atomic E-state index is 0.0430. The lowest BCUT2D eigenvalue weighted by Gasteiger charge is -2.23. The number of carbonyl (C=O) groups excluding carboxylic acids is 1. The van der Waals surface area contributed by atoms with E-state index in [2.05, 4.69) is 0 Å². The number of hydrogen-bond acceptors (Lipinski definition) is 2. The van der Waals surface area contributed by atoms with Crippen molar-refractivity contribution >= 4 is 23.5 Å². The fraction of sp³-hybridized carbons (Fsp3) is 0.429. The SMILES string of the molecule is CC1C(C(=O)O)CCN1C(=O)Cc1cccc(Cl)c1. The van der Waals surface area contributed by atoms with Crippen LogP contribution in [0.4, 0.5) is 0 Å². The van der Waals surface area contributed by atoms with Crippen LogP contribution in [0.5, 0.6) is 0 Å². The Morgan fingerprint density at radius 1 is 1.47 bits per heavy atom. The van der Waals surface area contributed by atoms with E-state index >= 15 is 0 Å². The standard InChI is InChI=1S/C14H16ClNO3/c1-9-12(14(18)19)5-6-16(9)13(17)8-10-3-2-4-11(15)7-10/h2-4,7,9,12H,5-6,8H2,1H3,(H,18,19). The van der Waals surface area contributed by atoms with Crippen molar-refractivity contribution < 1.29 is 14.7 Å². The van der Waals surface area contributed by atoms with E-state index in [0.717, 1.165) is 5.56 Å². The van der Waals surface area contributed by atoms with Gasteiger partial charge in [-0.1, -0.05) is 23.7 Å². The third-order valence-electron chi connectivity index (χ3n) is 3.64. The molecular weight excluding hydrogens is 266 g/mol. The topological polar surface area (TPSA) is 57.6 Å². The summed E-state index contributed by atoms with van der Waals surface area (Å²) in [7, 11) is 0. The molecule has 2 atom stereocenters. The number of benzene rings is 1.